The van der Waals surface area contributed by atoms with E-state index in [1.165, 1.54) is 5.56 Å². The van der Waals surface area contributed by atoms with Crippen molar-refractivity contribution in [1.29, 1.82) is 0 Å². The highest BCUT2D eigenvalue weighted by Crippen LogP contribution is 2.27. The first-order chi connectivity index (χ1) is 10.0. The van der Waals surface area contributed by atoms with Gasteiger partial charge >= 0.3 is 0 Å². The summed E-state index contributed by atoms with van der Waals surface area (Å²) in [7, 11) is 0. The van der Waals surface area contributed by atoms with E-state index in [-0.39, 0.29) is 0 Å². The quantitative estimate of drug-likeness (QED) is 0.827. The van der Waals surface area contributed by atoms with Crippen molar-refractivity contribution in [2.75, 3.05) is 0 Å². The van der Waals surface area contributed by atoms with Crippen molar-refractivity contribution < 1.29 is 5.11 Å². The lowest BCUT2D eigenvalue weighted by atomic mass is 10.0. The van der Waals surface area contributed by atoms with Crippen LogP contribution in [0.1, 0.15) is 55.7 Å². The van der Waals surface area contributed by atoms with Gasteiger partial charge < -0.3 is 5.11 Å². The molecule has 0 fully saturated rings. The van der Waals surface area contributed by atoms with Crippen molar-refractivity contribution in [2.45, 2.75) is 52.2 Å². The molecule has 2 rings (SSSR count). The molecule has 2 aromatic rings. The SMILES string of the molecule is CCC(CC)n1ccc(CC(O)c2ccc(C)cc2Br)n1. The van der Waals surface area contributed by atoms with Crippen LogP contribution >= 0.6 is 15.9 Å². The molecule has 21 heavy (non-hydrogen) atoms. The molecule has 1 heterocycles. The van der Waals surface area contributed by atoms with Gasteiger partial charge in [0.05, 0.1) is 17.8 Å². The Bertz CT molecular complexity index is 590. The molecule has 1 N–H and O–H groups in total. The Morgan fingerprint density at radius 2 is 1.95 bits per heavy atom. The van der Waals surface area contributed by atoms with Gasteiger partial charge in [0.25, 0.3) is 0 Å². The van der Waals surface area contributed by atoms with Crippen LogP contribution in [0.2, 0.25) is 0 Å². The van der Waals surface area contributed by atoms with Crippen molar-refractivity contribution in [1.82, 2.24) is 9.78 Å². The largest absolute Gasteiger partial charge is 0.388 e. The molecule has 0 aliphatic heterocycles. The van der Waals surface area contributed by atoms with E-state index in [0.29, 0.717) is 12.5 Å². The fourth-order valence-corrected chi connectivity index (χ4v) is 3.32. The van der Waals surface area contributed by atoms with Crippen LogP contribution in [0, 0.1) is 6.92 Å². The van der Waals surface area contributed by atoms with E-state index in [1.54, 1.807) is 0 Å². The number of aliphatic hydroxyl groups is 1. The number of hydrogen-bond donors (Lipinski definition) is 1. The predicted molar refractivity (Wildman–Crippen MR) is 89.4 cm³/mol. The maximum absolute atomic E-state index is 10.4. The highest BCUT2D eigenvalue weighted by atomic mass is 79.9. The van der Waals surface area contributed by atoms with Gasteiger partial charge in [0, 0.05) is 17.1 Å². The molecule has 0 aliphatic rings. The average Bonchev–Trinajstić information content (AvgIpc) is 2.88. The molecule has 114 valence electrons. The number of aliphatic hydroxyl groups excluding tert-OH is 1. The standard InChI is InChI=1S/C17H23BrN2O/c1-4-14(5-2)20-9-8-13(19-20)11-17(21)15-7-6-12(3)10-16(15)18/h6-10,14,17,21H,4-5,11H2,1-3H3. The van der Waals surface area contributed by atoms with Crippen LogP contribution in [0.15, 0.2) is 34.9 Å². The van der Waals surface area contributed by atoms with Gasteiger partial charge in [-0.25, -0.2) is 0 Å². The van der Waals surface area contributed by atoms with E-state index in [4.69, 9.17) is 0 Å². The highest BCUT2D eigenvalue weighted by Gasteiger charge is 2.15. The van der Waals surface area contributed by atoms with Crippen LogP contribution in [-0.2, 0) is 6.42 Å². The summed E-state index contributed by atoms with van der Waals surface area (Å²) in [4.78, 5) is 0. The average molecular weight is 351 g/mol. The maximum Gasteiger partial charge on any atom is 0.0857 e. The third kappa shape index (κ3) is 3.95. The lowest BCUT2D eigenvalue weighted by molar-refractivity contribution is 0.176. The van der Waals surface area contributed by atoms with Crippen molar-refractivity contribution in [3.63, 3.8) is 0 Å². The molecule has 0 saturated heterocycles. The Hall–Kier alpha value is -1.13. The van der Waals surface area contributed by atoms with Crippen molar-refractivity contribution in [3.05, 3.63) is 51.8 Å². The van der Waals surface area contributed by atoms with Crippen LogP contribution in [0.25, 0.3) is 0 Å². The summed E-state index contributed by atoms with van der Waals surface area (Å²) in [5, 5.41) is 15.0. The number of nitrogens with zero attached hydrogens (tertiary/aromatic N) is 2. The van der Waals surface area contributed by atoms with Gasteiger partial charge in [0.1, 0.15) is 0 Å². The van der Waals surface area contributed by atoms with E-state index in [1.807, 2.05) is 42.1 Å². The molecule has 0 spiro atoms. The summed E-state index contributed by atoms with van der Waals surface area (Å²) < 4.78 is 2.97. The third-order valence-electron chi connectivity index (χ3n) is 3.90. The Labute approximate surface area is 135 Å². The molecule has 0 amide bonds. The summed E-state index contributed by atoms with van der Waals surface area (Å²) in [5.41, 5.74) is 3.02. The van der Waals surface area contributed by atoms with Crippen LogP contribution < -0.4 is 0 Å². The minimum absolute atomic E-state index is 0.446. The van der Waals surface area contributed by atoms with Gasteiger partial charge in [-0.3, -0.25) is 4.68 Å². The van der Waals surface area contributed by atoms with E-state index < -0.39 is 6.10 Å². The summed E-state index contributed by atoms with van der Waals surface area (Å²) in [6, 6.07) is 8.47. The number of halogens is 1. The number of aromatic nitrogens is 2. The predicted octanol–water partition coefficient (Wildman–Crippen LogP) is 4.59. The minimum Gasteiger partial charge on any atom is -0.388 e. The summed E-state index contributed by atoms with van der Waals surface area (Å²) in [6.45, 7) is 6.39. The number of aryl methyl sites for hydroxylation is 1. The van der Waals surface area contributed by atoms with Crippen molar-refractivity contribution in [3.8, 4) is 0 Å². The normalized spacial score (nSPS) is 12.9. The molecule has 0 bridgehead atoms. The molecule has 4 heteroatoms. The fourth-order valence-electron chi connectivity index (χ4n) is 2.56. The molecule has 0 aliphatic carbocycles. The smallest absolute Gasteiger partial charge is 0.0857 e. The Morgan fingerprint density at radius 3 is 2.57 bits per heavy atom. The first kappa shape index (κ1) is 16.2. The first-order valence-electron chi connectivity index (χ1n) is 7.53. The second kappa shape index (κ2) is 7.23. The molecule has 1 unspecified atom stereocenters. The van der Waals surface area contributed by atoms with E-state index in [0.717, 1.165) is 28.6 Å². The Kier molecular flexibility index (Phi) is 5.59. The van der Waals surface area contributed by atoms with Gasteiger partial charge in [-0.1, -0.05) is 41.9 Å². The van der Waals surface area contributed by atoms with Crippen molar-refractivity contribution >= 4 is 15.9 Å². The summed E-state index contributed by atoms with van der Waals surface area (Å²) in [5.74, 6) is 0. The fraction of sp³-hybridized carbons (Fsp3) is 0.471. The molecule has 0 saturated carbocycles. The van der Waals surface area contributed by atoms with Crippen LogP contribution in [0.4, 0.5) is 0 Å². The van der Waals surface area contributed by atoms with Gasteiger partial charge in [-0.15, -0.1) is 0 Å². The first-order valence-corrected chi connectivity index (χ1v) is 8.32. The molecular formula is C17H23BrN2O. The van der Waals surface area contributed by atoms with Gasteiger partial charge in [0.15, 0.2) is 0 Å². The lowest BCUT2D eigenvalue weighted by Gasteiger charge is -2.14. The zero-order valence-corrected chi connectivity index (χ0v) is 14.5. The van der Waals surface area contributed by atoms with Gasteiger partial charge in [-0.05, 0) is 43.0 Å². The van der Waals surface area contributed by atoms with Gasteiger partial charge in [-0.2, -0.15) is 5.10 Å². The van der Waals surface area contributed by atoms with E-state index in [9.17, 15) is 5.11 Å². The second-order valence-electron chi connectivity index (χ2n) is 5.50. The molecule has 1 aromatic heterocycles. The zero-order valence-electron chi connectivity index (χ0n) is 12.9. The molecular weight excluding hydrogens is 328 g/mol. The number of benzene rings is 1. The van der Waals surface area contributed by atoms with Crippen molar-refractivity contribution in [2.24, 2.45) is 0 Å². The number of hydrogen-bond acceptors (Lipinski definition) is 2. The van der Waals surface area contributed by atoms with Crippen LogP contribution in [0.3, 0.4) is 0 Å². The van der Waals surface area contributed by atoms with Crippen LogP contribution in [-0.4, -0.2) is 14.9 Å². The zero-order chi connectivity index (χ0) is 15.4. The van der Waals surface area contributed by atoms with Gasteiger partial charge in [0.2, 0.25) is 0 Å². The number of rotatable bonds is 6. The van der Waals surface area contributed by atoms with E-state index >= 15 is 0 Å². The molecule has 3 nitrogen and oxygen atoms in total. The monoisotopic (exact) mass is 350 g/mol. The summed E-state index contributed by atoms with van der Waals surface area (Å²) >= 11 is 3.53. The Balaban J connectivity index is 2.11. The highest BCUT2D eigenvalue weighted by molar-refractivity contribution is 9.10. The topological polar surface area (TPSA) is 38.0 Å². The third-order valence-corrected chi connectivity index (χ3v) is 4.58. The maximum atomic E-state index is 10.4. The molecule has 1 aromatic carbocycles. The summed E-state index contributed by atoms with van der Waals surface area (Å²) in [6.07, 6.45) is 4.16. The van der Waals surface area contributed by atoms with E-state index in [2.05, 4.69) is 34.9 Å². The second-order valence-corrected chi connectivity index (χ2v) is 6.36. The Morgan fingerprint density at radius 1 is 1.24 bits per heavy atom. The lowest BCUT2D eigenvalue weighted by Crippen LogP contribution is -2.09. The van der Waals surface area contributed by atoms with Crippen LogP contribution in [0.5, 0.6) is 0 Å². The molecule has 0 radical (unpaired) electrons. The molecule has 1 atom stereocenters. The minimum atomic E-state index is -0.537.